The van der Waals surface area contributed by atoms with Crippen molar-refractivity contribution in [2.45, 2.75) is 30.3 Å². The molecule has 0 radical (unpaired) electrons. The van der Waals surface area contributed by atoms with Crippen molar-refractivity contribution in [3.05, 3.63) is 36.2 Å². The molecule has 0 aliphatic heterocycles. The molecule has 5 nitrogen and oxygen atoms in total. The fourth-order valence-corrected chi connectivity index (χ4v) is 3.37. The van der Waals surface area contributed by atoms with Crippen LogP contribution in [0.2, 0.25) is 0 Å². The van der Waals surface area contributed by atoms with Gasteiger partial charge in [0, 0.05) is 25.0 Å². The summed E-state index contributed by atoms with van der Waals surface area (Å²) in [5.41, 5.74) is 2.24. The van der Waals surface area contributed by atoms with E-state index in [0.29, 0.717) is 27.3 Å². The van der Waals surface area contributed by atoms with Gasteiger partial charge in [0.2, 0.25) is 5.82 Å². The van der Waals surface area contributed by atoms with Crippen LogP contribution < -0.4 is 0 Å². The van der Waals surface area contributed by atoms with E-state index in [9.17, 15) is 13.2 Å². The van der Waals surface area contributed by atoms with Crippen molar-refractivity contribution in [2.24, 2.45) is 0 Å². The predicted octanol–water partition coefficient (Wildman–Crippen LogP) is 4.33. The second-order valence-electron chi connectivity index (χ2n) is 6.31. The number of aromatic nitrogens is 4. The standard InChI is InChI=1S/C17H18F3N5S/c1-9(2)26-15-14-22-23-16(17(18,19)20)25(14)13-8-11(10(3)24(4)5)6-7-12(13)21-15/h6-9H,3H2,1-2,4-5H3. The zero-order valence-corrected chi connectivity index (χ0v) is 15.6. The molecular formula is C17H18F3N5S. The van der Waals surface area contributed by atoms with Crippen molar-refractivity contribution in [3.63, 3.8) is 0 Å². The topological polar surface area (TPSA) is 46.3 Å². The summed E-state index contributed by atoms with van der Waals surface area (Å²) in [6.07, 6.45) is -4.62. The van der Waals surface area contributed by atoms with Crippen LogP contribution in [0.3, 0.4) is 0 Å². The van der Waals surface area contributed by atoms with E-state index in [2.05, 4.69) is 21.8 Å². The van der Waals surface area contributed by atoms with Crippen LogP contribution in [0.4, 0.5) is 13.2 Å². The third kappa shape index (κ3) is 3.23. The fourth-order valence-electron chi connectivity index (χ4n) is 2.53. The molecule has 0 bridgehead atoms. The Bertz CT molecular complexity index is 991. The Kier molecular flexibility index (Phi) is 4.60. The molecule has 0 N–H and O–H groups in total. The van der Waals surface area contributed by atoms with Gasteiger partial charge < -0.3 is 4.90 Å². The number of benzene rings is 1. The fraction of sp³-hybridized carbons (Fsp3) is 0.353. The highest BCUT2D eigenvalue weighted by Crippen LogP contribution is 2.34. The molecule has 138 valence electrons. The Hall–Kier alpha value is -2.29. The van der Waals surface area contributed by atoms with Crippen molar-refractivity contribution in [2.75, 3.05) is 14.1 Å². The van der Waals surface area contributed by atoms with Crippen molar-refractivity contribution in [1.82, 2.24) is 24.5 Å². The molecule has 0 aliphatic rings. The number of nitrogens with zero attached hydrogens (tertiary/aromatic N) is 5. The first kappa shape index (κ1) is 18.5. The van der Waals surface area contributed by atoms with E-state index in [-0.39, 0.29) is 10.9 Å². The van der Waals surface area contributed by atoms with Crippen molar-refractivity contribution >= 4 is 34.1 Å². The highest BCUT2D eigenvalue weighted by molar-refractivity contribution is 8.00. The molecule has 0 spiro atoms. The maximum atomic E-state index is 13.5. The zero-order chi connectivity index (χ0) is 19.2. The molecule has 0 amide bonds. The van der Waals surface area contributed by atoms with Gasteiger partial charge in [0.05, 0.1) is 11.0 Å². The smallest absolute Gasteiger partial charge is 0.378 e. The molecule has 0 saturated heterocycles. The summed E-state index contributed by atoms with van der Waals surface area (Å²) in [5.74, 6) is -1.06. The number of rotatable bonds is 4. The first-order valence-electron chi connectivity index (χ1n) is 7.89. The Balaban J connectivity index is 2.38. The third-order valence-electron chi connectivity index (χ3n) is 3.77. The largest absolute Gasteiger partial charge is 0.452 e. The van der Waals surface area contributed by atoms with E-state index in [0.717, 1.165) is 4.40 Å². The maximum absolute atomic E-state index is 13.5. The van der Waals surface area contributed by atoms with Gasteiger partial charge in [-0.3, -0.25) is 4.40 Å². The second-order valence-corrected chi connectivity index (χ2v) is 7.87. The van der Waals surface area contributed by atoms with Gasteiger partial charge in [-0.05, 0) is 17.7 Å². The SMILES string of the molecule is C=C(c1ccc2nc(SC(C)C)c3nnc(C(F)(F)F)n3c2c1)N(C)C. The number of fused-ring (bicyclic) bond motifs is 3. The van der Waals surface area contributed by atoms with Gasteiger partial charge in [0.15, 0.2) is 5.65 Å². The number of halogens is 3. The van der Waals surface area contributed by atoms with Gasteiger partial charge in [0.25, 0.3) is 0 Å². The third-order valence-corrected chi connectivity index (χ3v) is 4.74. The summed E-state index contributed by atoms with van der Waals surface area (Å²) >= 11 is 1.35. The first-order chi connectivity index (χ1) is 12.1. The quantitative estimate of drug-likeness (QED) is 0.630. The van der Waals surface area contributed by atoms with Crippen LogP contribution in [0.5, 0.6) is 0 Å². The van der Waals surface area contributed by atoms with Gasteiger partial charge >= 0.3 is 6.18 Å². The molecule has 0 aliphatic carbocycles. The molecule has 0 fully saturated rings. The summed E-state index contributed by atoms with van der Waals surface area (Å²) in [4.78, 5) is 6.31. The second kappa shape index (κ2) is 6.46. The van der Waals surface area contributed by atoms with Gasteiger partial charge in [-0.25, -0.2) is 4.98 Å². The Morgan fingerprint density at radius 3 is 2.50 bits per heavy atom. The lowest BCUT2D eigenvalue weighted by Gasteiger charge is -2.17. The lowest BCUT2D eigenvalue weighted by Crippen LogP contribution is -2.12. The highest BCUT2D eigenvalue weighted by Gasteiger charge is 2.38. The van der Waals surface area contributed by atoms with E-state index < -0.39 is 12.0 Å². The van der Waals surface area contributed by atoms with Crippen molar-refractivity contribution < 1.29 is 13.2 Å². The lowest BCUT2D eigenvalue weighted by atomic mass is 10.1. The Morgan fingerprint density at radius 2 is 1.92 bits per heavy atom. The highest BCUT2D eigenvalue weighted by atomic mass is 32.2. The van der Waals surface area contributed by atoms with Crippen molar-refractivity contribution in [3.8, 4) is 0 Å². The Morgan fingerprint density at radius 1 is 1.23 bits per heavy atom. The maximum Gasteiger partial charge on any atom is 0.452 e. The predicted molar refractivity (Wildman–Crippen MR) is 97.0 cm³/mol. The van der Waals surface area contributed by atoms with Crippen LogP contribution in [0.25, 0.3) is 22.4 Å². The van der Waals surface area contributed by atoms with Gasteiger partial charge in [-0.2, -0.15) is 13.2 Å². The van der Waals surface area contributed by atoms with Crippen LogP contribution in [-0.4, -0.2) is 43.8 Å². The lowest BCUT2D eigenvalue weighted by molar-refractivity contribution is -0.145. The molecule has 2 heterocycles. The molecule has 3 aromatic rings. The molecule has 2 aromatic heterocycles. The van der Waals surface area contributed by atoms with Gasteiger partial charge in [-0.15, -0.1) is 10.2 Å². The number of alkyl halides is 3. The molecular weight excluding hydrogens is 363 g/mol. The molecule has 0 unspecified atom stereocenters. The molecule has 3 rings (SSSR count). The Labute approximate surface area is 152 Å². The van der Waals surface area contributed by atoms with E-state index in [1.54, 1.807) is 23.1 Å². The number of hydrogen-bond donors (Lipinski definition) is 0. The van der Waals surface area contributed by atoms with E-state index in [1.165, 1.54) is 11.8 Å². The normalized spacial score (nSPS) is 12.3. The molecule has 9 heteroatoms. The van der Waals surface area contributed by atoms with Crippen LogP contribution in [0.1, 0.15) is 25.2 Å². The minimum Gasteiger partial charge on any atom is -0.378 e. The monoisotopic (exact) mass is 381 g/mol. The van der Waals surface area contributed by atoms with E-state index >= 15 is 0 Å². The van der Waals surface area contributed by atoms with Gasteiger partial charge in [0.1, 0.15) is 5.03 Å². The minimum absolute atomic E-state index is 0.108. The average Bonchev–Trinajstić information content (AvgIpc) is 2.99. The van der Waals surface area contributed by atoms with Gasteiger partial charge in [-0.1, -0.05) is 38.3 Å². The van der Waals surface area contributed by atoms with E-state index in [4.69, 9.17) is 0 Å². The molecule has 1 aromatic carbocycles. The summed E-state index contributed by atoms with van der Waals surface area (Å²) < 4.78 is 41.5. The molecule has 0 atom stereocenters. The van der Waals surface area contributed by atoms with Crippen LogP contribution in [-0.2, 0) is 6.18 Å². The summed E-state index contributed by atoms with van der Waals surface area (Å²) in [7, 11) is 3.64. The summed E-state index contributed by atoms with van der Waals surface area (Å²) in [6.45, 7) is 7.85. The average molecular weight is 381 g/mol. The first-order valence-corrected chi connectivity index (χ1v) is 8.77. The summed E-state index contributed by atoms with van der Waals surface area (Å²) in [5, 5.41) is 7.74. The van der Waals surface area contributed by atoms with Crippen LogP contribution in [0, 0.1) is 0 Å². The number of hydrogen-bond acceptors (Lipinski definition) is 5. The number of thioether (sulfide) groups is 1. The van der Waals surface area contributed by atoms with E-state index in [1.807, 2.05) is 27.9 Å². The zero-order valence-electron chi connectivity index (χ0n) is 14.8. The van der Waals surface area contributed by atoms with Crippen LogP contribution in [0.15, 0.2) is 29.8 Å². The van der Waals surface area contributed by atoms with Crippen LogP contribution >= 0.6 is 11.8 Å². The minimum atomic E-state index is -4.62. The van der Waals surface area contributed by atoms with Crippen molar-refractivity contribution in [1.29, 1.82) is 0 Å². The summed E-state index contributed by atoms with van der Waals surface area (Å²) in [6, 6.07) is 5.13. The molecule has 26 heavy (non-hydrogen) atoms. The molecule has 0 saturated carbocycles.